The molecule has 6 nitrogen and oxygen atoms in total. The topological polar surface area (TPSA) is 93.8 Å². The van der Waals surface area contributed by atoms with Crippen molar-refractivity contribution >= 4 is 17.2 Å². The van der Waals surface area contributed by atoms with Gasteiger partial charge in [-0.3, -0.25) is 4.79 Å². The largest absolute Gasteiger partial charge is 0.504 e. The van der Waals surface area contributed by atoms with Crippen LogP contribution in [0.25, 0.3) is 5.57 Å². The minimum absolute atomic E-state index is 0.0160. The first-order valence-electron chi connectivity index (χ1n) is 8.76. The summed E-state index contributed by atoms with van der Waals surface area (Å²) >= 11 is 0. The molecule has 3 rings (SSSR count). The Labute approximate surface area is 163 Å². The predicted molar refractivity (Wildman–Crippen MR) is 106 cm³/mol. The maximum atomic E-state index is 13.2. The number of nitrogens with two attached hydrogens (primary N) is 1. The maximum Gasteiger partial charge on any atom is 0.302 e. The minimum atomic E-state index is -0.333. The number of nitrogens with one attached hydrogen (secondary N) is 1. The molecule has 1 aliphatic rings. The summed E-state index contributed by atoms with van der Waals surface area (Å²) in [6.45, 7) is 2.15. The number of hydrogen-bond donors (Lipinski definition) is 3. The lowest BCUT2D eigenvalue weighted by atomic mass is 9.93. The molecule has 28 heavy (non-hydrogen) atoms. The van der Waals surface area contributed by atoms with Crippen LogP contribution in [0.5, 0.6) is 11.5 Å². The molecule has 150 valence electrons. The fourth-order valence-electron chi connectivity index (χ4n) is 2.86. The lowest BCUT2D eigenvalue weighted by Crippen LogP contribution is -2.25. The lowest BCUT2D eigenvalue weighted by Gasteiger charge is -2.24. The van der Waals surface area contributed by atoms with E-state index in [0.717, 1.165) is 29.7 Å². The number of halogens is 1. The van der Waals surface area contributed by atoms with Gasteiger partial charge in [-0.15, -0.1) is 0 Å². The summed E-state index contributed by atoms with van der Waals surface area (Å²) in [6.07, 6.45) is 2.90. The summed E-state index contributed by atoms with van der Waals surface area (Å²) in [6, 6.07) is 9.74. The Bertz CT molecular complexity index is 867. The molecule has 1 unspecified atom stereocenters. The number of ether oxygens (including phenoxy) is 2. The van der Waals surface area contributed by atoms with Crippen molar-refractivity contribution in [1.82, 2.24) is 5.32 Å². The smallest absolute Gasteiger partial charge is 0.302 e. The van der Waals surface area contributed by atoms with Crippen molar-refractivity contribution in [3.63, 3.8) is 0 Å². The lowest BCUT2D eigenvalue weighted by molar-refractivity contribution is -0.137. The number of phenols is 1. The van der Waals surface area contributed by atoms with Gasteiger partial charge in [0.1, 0.15) is 5.82 Å². The molecule has 0 fully saturated rings. The Morgan fingerprint density at radius 2 is 1.96 bits per heavy atom. The van der Waals surface area contributed by atoms with Gasteiger partial charge in [0.05, 0.1) is 20.3 Å². The van der Waals surface area contributed by atoms with E-state index in [2.05, 4.69) is 16.1 Å². The molecule has 1 atom stereocenters. The van der Waals surface area contributed by atoms with Crippen molar-refractivity contribution in [2.24, 2.45) is 0 Å². The van der Waals surface area contributed by atoms with E-state index >= 15 is 0 Å². The molecule has 0 amide bonds. The number of carbonyl (C=O) groups excluding carboxylic acids is 1. The van der Waals surface area contributed by atoms with Crippen molar-refractivity contribution in [3.05, 3.63) is 59.4 Å². The van der Waals surface area contributed by atoms with Gasteiger partial charge in [-0.2, -0.15) is 0 Å². The van der Waals surface area contributed by atoms with Crippen LogP contribution in [-0.2, 0) is 9.53 Å². The molecular formula is C21H25FN2O4. The van der Waals surface area contributed by atoms with Gasteiger partial charge >= 0.3 is 5.97 Å². The summed E-state index contributed by atoms with van der Waals surface area (Å²) in [5, 5.41) is 13.1. The number of hydrogen-bond acceptors (Lipinski definition) is 6. The molecule has 0 saturated carbocycles. The quantitative estimate of drug-likeness (QED) is 0.551. The van der Waals surface area contributed by atoms with Crippen LogP contribution in [0.4, 0.5) is 10.1 Å². The SMILES string of the molecule is COC(C)=O.COc1cc(C2C=C(c3ccc(F)cc3N)CCN2)ccc1O. The molecule has 7 heteroatoms. The van der Waals surface area contributed by atoms with Crippen LogP contribution in [0.1, 0.15) is 30.5 Å². The summed E-state index contributed by atoms with van der Waals surface area (Å²) in [4.78, 5) is 9.59. The number of anilines is 1. The Hall–Kier alpha value is -3.06. The summed E-state index contributed by atoms with van der Waals surface area (Å²) < 4.78 is 22.5. The molecule has 0 aromatic heterocycles. The molecule has 0 bridgehead atoms. The van der Waals surface area contributed by atoms with Gasteiger partial charge in [0, 0.05) is 24.7 Å². The van der Waals surface area contributed by atoms with E-state index in [1.165, 1.54) is 33.3 Å². The monoisotopic (exact) mass is 388 g/mol. The van der Waals surface area contributed by atoms with Gasteiger partial charge in [-0.05, 0) is 47.9 Å². The number of rotatable bonds is 3. The summed E-state index contributed by atoms with van der Waals surface area (Å²) in [7, 11) is 2.87. The van der Waals surface area contributed by atoms with E-state index in [4.69, 9.17) is 10.5 Å². The third kappa shape index (κ3) is 5.47. The van der Waals surface area contributed by atoms with E-state index in [0.29, 0.717) is 11.4 Å². The zero-order valence-corrected chi connectivity index (χ0v) is 16.2. The summed E-state index contributed by atoms with van der Waals surface area (Å²) in [5.74, 6) is -0.0317. The maximum absolute atomic E-state index is 13.2. The normalized spacial score (nSPS) is 15.7. The van der Waals surface area contributed by atoms with Crippen molar-refractivity contribution in [1.29, 1.82) is 0 Å². The zero-order valence-electron chi connectivity index (χ0n) is 16.2. The van der Waals surface area contributed by atoms with Crippen molar-refractivity contribution < 1.29 is 23.8 Å². The molecule has 1 heterocycles. The average Bonchev–Trinajstić information content (AvgIpc) is 2.69. The fraction of sp³-hybridized carbons (Fsp3) is 0.286. The highest BCUT2D eigenvalue weighted by atomic mass is 19.1. The fourth-order valence-corrected chi connectivity index (χ4v) is 2.86. The van der Waals surface area contributed by atoms with E-state index in [1.54, 1.807) is 18.2 Å². The second kappa shape index (κ2) is 9.75. The Morgan fingerprint density at radius 1 is 1.25 bits per heavy atom. The number of phenolic OH excluding ortho intramolecular Hbond substituents is 1. The molecule has 0 saturated heterocycles. The van der Waals surface area contributed by atoms with Crippen LogP contribution in [0.15, 0.2) is 42.5 Å². The first kappa shape index (κ1) is 21.2. The molecule has 4 N–H and O–H groups in total. The molecule has 2 aromatic rings. The number of carbonyl (C=O) groups is 1. The number of aromatic hydroxyl groups is 1. The van der Waals surface area contributed by atoms with E-state index in [9.17, 15) is 14.3 Å². The highest BCUT2D eigenvalue weighted by molar-refractivity contribution is 5.76. The van der Waals surface area contributed by atoms with Crippen LogP contribution in [0, 0.1) is 5.82 Å². The van der Waals surface area contributed by atoms with Gasteiger partial charge in [0.15, 0.2) is 11.5 Å². The average molecular weight is 388 g/mol. The number of nitrogen functional groups attached to an aromatic ring is 1. The molecular weight excluding hydrogens is 363 g/mol. The minimum Gasteiger partial charge on any atom is -0.504 e. The Morgan fingerprint density at radius 3 is 2.57 bits per heavy atom. The third-order valence-electron chi connectivity index (χ3n) is 4.34. The molecule has 2 aromatic carbocycles. The molecule has 0 radical (unpaired) electrons. The highest BCUT2D eigenvalue weighted by Crippen LogP contribution is 2.34. The van der Waals surface area contributed by atoms with Gasteiger partial charge < -0.3 is 25.6 Å². The van der Waals surface area contributed by atoms with Crippen LogP contribution in [0.3, 0.4) is 0 Å². The van der Waals surface area contributed by atoms with Crippen molar-refractivity contribution in [2.45, 2.75) is 19.4 Å². The van der Waals surface area contributed by atoms with Crippen molar-refractivity contribution in [3.8, 4) is 11.5 Å². The van der Waals surface area contributed by atoms with Gasteiger partial charge in [0.2, 0.25) is 0 Å². The van der Waals surface area contributed by atoms with Crippen LogP contribution in [0.2, 0.25) is 0 Å². The second-order valence-corrected chi connectivity index (χ2v) is 6.23. The number of methoxy groups -OCH3 is 2. The first-order valence-corrected chi connectivity index (χ1v) is 8.76. The molecule has 0 aliphatic carbocycles. The van der Waals surface area contributed by atoms with E-state index in [-0.39, 0.29) is 23.6 Å². The Balaban J connectivity index is 0.000000500. The predicted octanol–water partition coefficient (Wildman–Crippen LogP) is 3.42. The van der Waals surface area contributed by atoms with Gasteiger partial charge in [-0.25, -0.2) is 4.39 Å². The summed E-state index contributed by atoms with van der Waals surface area (Å²) in [5.41, 5.74) is 9.32. The van der Waals surface area contributed by atoms with E-state index in [1.807, 2.05) is 6.07 Å². The number of benzene rings is 2. The number of esters is 1. The zero-order chi connectivity index (χ0) is 20.7. The van der Waals surface area contributed by atoms with Gasteiger partial charge in [-0.1, -0.05) is 12.1 Å². The molecule has 0 spiro atoms. The standard InChI is InChI=1S/C18H19FN2O2.C3H6O2/c1-23-18-9-12(2-5-17(18)22)16-8-11(6-7-21-16)14-4-3-13(19)10-15(14)20;1-3(4)5-2/h2-5,8-10,16,21-22H,6-7,20H2,1H3;1-2H3. The Kier molecular flexibility index (Phi) is 7.40. The highest BCUT2D eigenvalue weighted by Gasteiger charge is 2.18. The third-order valence-corrected chi connectivity index (χ3v) is 4.34. The molecule has 1 aliphatic heterocycles. The van der Waals surface area contributed by atoms with Gasteiger partial charge in [0.25, 0.3) is 0 Å². The second-order valence-electron chi connectivity index (χ2n) is 6.23. The van der Waals surface area contributed by atoms with E-state index < -0.39 is 0 Å². The van der Waals surface area contributed by atoms with Crippen LogP contribution < -0.4 is 15.8 Å². The van der Waals surface area contributed by atoms with Crippen LogP contribution >= 0.6 is 0 Å². The van der Waals surface area contributed by atoms with Crippen molar-refractivity contribution in [2.75, 3.05) is 26.5 Å². The first-order chi connectivity index (χ1) is 13.3. The van der Waals surface area contributed by atoms with Crippen LogP contribution in [-0.4, -0.2) is 31.8 Å².